The number of halogens is 1. The Kier molecular flexibility index (Phi) is 4.19. The van der Waals surface area contributed by atoms with Crippen LogP contribution in [0.1, 0.15) is 37.7 Å². The van der Waals surface area contributed by atoms with Crippen LogP contribution in [0.3, 0.4) is 0 Å². The van der Waals surface area contributed by atoms with Crippen LogP contribution in [0.5, 0.6) is 0 Å². The van der Waals surface area contributed by atoms with Gasteiger partial charge in [-0.3, -0.25) is 0 Å². The highest BCUT2D eigenvalue weighted by atomic mass is 79.9. The maximum Gasteiger partial charge on any atom is 0.113 e. The third-order valence-electron chi connectivity index (χ3n) is 2.93. The summed E-state index contributed by atoms with van der Waals surface area (Å²) in [5, 5.41) is 0. The fourth-order valence-corrected chi connectivity index (χ4v) is 2.45. The maximum absolute atomic E-state index is 6.06. The molecule has 1 heterocycles. The highest BCUT2D eigenvalue weighted by Crippen LogP contribution is 2.25. The summed E-state index contributed by atoms with van der Waals surface area (Å²) < 4.78 is 3.19. The van der Waals surface area contributed by atoms with Gasteiger partial charge in [-0.25, -0.2) is 4.98 Å². The van der Waals surface area contributed by atoms with Crippen LogP contribution in [-0.4, -0.2) is 9.55 Å². The zero-order chi connectivity index (χ0) is 13.1. The molecule has 0 aliphatic heterocycles. The number of nitrogens with two attached hydrogens (primary N) is 1. The Morgan fingerprint density at radius 3 is 2.89 bits per heavy atom. The van der Waals surface area contributed by atoms with E-state index in [1.54, 1.807) is 0 Å². The molecule has 0 fully saturated rings. The van der Waals surface area contributed by atoms with E-state index >= 15 is 0 Å². The van der Waals surface area contributed by atoms with Crippen molar-refractivity contribution >= 4 is 15.9 Å². The van der Waals surface area contributed by atoms with Crippen LogP contribution in [0.2, 0.25) is 0 Å². The lowest BCUT2D eigenvalue weighted by Gasteiger charge is -2.16. The van der Waals surface area contributed by atoms with E-state index < -0.39 is 0 Å². The Hall–Kier alpha value is -1.13. The van der Waals surface area contributed by atoms with Crippen LogP contribution in [0.15, 0.2) is 35.1 Å². The van der Waals surface area contributed by atoms with E-state index in [0.717, 1.165) is 34.4 Å². The number of nitrogens with zero attached hydrogens (tertiary/aromatic N) is 2. The number of benzene rings is 1. The largest absolute Gasteiger partial charge is 0.324 e. The summed E-state index contributed by atoms with van der Waals surface area (Å²) in [6.07, 6.45) is 5.90. The first kappa shape index (κ1) is 13.3. The second kappa shape index (κ2) is 5.67. The molecule has 0 amide bonds. The van der Waals surface area contributed by atoms with Gasteiger partial charge in [0.05, 0.1) is 5.69 Å². The molecule has 1 aromatic heterocycles. The van der Waals surface area contributed by atoms with Crippen molar-refractivity contribution in [3.8, 4) is 5.69 Å². The lowest BCUT2D eigenvalue weighted by atomic mass is 10.1. The number of hydrogen-bond donors (Lipinski definition) is 1. The van der Waals surface area contributed by atoms with Crippen LogP contribution in [-0.2, 0) is 6.42 Å². The van der Waals surface area contributed by atoms with E-state index in [1.165, 1.54) is 0 Å². The molecule has 0 aliphatic rings. The summed E-state index contributed by atoms with van der Waals surface area (Å²) in [5.74, 6) is 1.08. The van der Waals surface area contributed by atoms with Gasteiger partial charge in [0.2, 0.25) is 0 Å². The van der Waals surface area contributed by atoms with Gasteiger partial charge in [-0.2, -0.15) is 0 Å². The number of imidazole rings is 1. The first-order chi connectivity index (χ1) is 8.63. The van der Waals surface area contributed by atoms with Crippen molar-refractivity contribution < 1.29 is 0 Å². The second-order valence-electron chi connectivity index (χ2n) is 4.46. The molecule has 1 atom stereocenters. The fraction of sp³-hybridized carbons (Fsp3) is 0.357. The molecular weight excluding hydrogens is 290 g/mol. The van der Waals surface area contributed by atoms with Crippen molar-refractivity contribution in [3.05, 3.63) is 46.5 Å². The summed E-state index contributed by atoms with van der Waals surface area (Å²) in [7, 11) is 0. The summed E-state index contributed by atoms with van der Waals surface area (Å²) in [6.45, 7) is 4.16. The van der Waals surface area contributed by atoms with Crippen molar-refractivity contribution in [1.29, 1.82) is 0 Å². The number of aromatic nitrogens is 2. The van der Waals surface area contributed by atoms with Crippen molar-refractivity contribution in [1.82, 2.24) is 9.55 Å². The van der Waals surface area contributed by atoms with Crippen LogP contribution in [0.4, 0.5) is 0 Å². The third kappa shape index (κ3) is 2.65. The molecule has 1 unspecified atom stereocenters. The van der Waals surface area contributed by atoms with Crippen LogP contribution >= 0.6 is 15.9 Å². The Morgan fingerprint density at radius 1 is 1.44 bits per heavy atom. The van der Waals surface area contributed by atoms with Gasteiger partial charge in [0.1, 0.15) is 5.82 Å². The quantitative estimate of drug-likeness (QED) is 0.937. The Bertz CT molecular complexity index is 532. The number of rotatable bonds is 4. The SMILES string of the molecule is CCCc1nccn1-c1ccc(Br)cc1C(C)N. The maximum atomic E-state index is 6.06. The minimum Gasteiger partial charge on any atom is -0.324 e. The van der Waals surface area contributed by atoms with Gasteiger partial charge in [-0.1, -0.05) is 22.9 Å². The predicted octanol–water partition coefficient (Wildman–Crippen LogP) is 3.61. The minimum atomic E-state index is -0.00521. The number of hydrogen-bond acceptors (Lipinski definition) is 2. The fourth-order valence-electron chi connectivity index (χ4n) is 2.07. The van der Waals surface area contributed by atoms with Gasteiger partial charge >= 0.3 is 0 Å². The average molecular weight is 308 g/mol. The standard InChI is InChI=1S/C14H18BrN3/c1-3-4-14-17-7-8-18(14)13-6-5-11(15)9-12(13)10(2)16/h5-10H,3-4,16H2,1-2H3. The molecule has 2 aromatic rings. The molecule has 2 rings (SSSR count). The van der Waals surface area contributed by atoms with Crippen LogP contribution in [0.25, 0.3) is 5.69 Å². The van der Waals surface area contributed by atoms with Gasteiger partial charge in [-0.05, 0) is 37.1 Å². The molecule has 2 N–H and O–H groups in total. The molecule has 1 aromatic carbocycles. The smallest absolute Gasteiger partial charge is 0.113 e. The van der Waals surface area contributed by atoms with E-state index in [9.17, 15) is 0 Å². The first-order valence-corrected chi connectivity index (χ1v) is 7.00. The monoisotopic (exact) mass is 307 g/mol. The van der Waals surface area contributed by atoms with Gasteiger partial charge < -0.3 is 10.3 Å². The average Bonchev–Trinajstić information content (AvgIpc) is 2.77. The highest BCUT2D eigenvalue weighted by molar-refractivity contribution is 9.10. The molecule has 0 radical (unpaired) electrons. The lowest BCUT2D eigenvalue weighted by molar-refractivity contribution is 0.773. The molecule has 96 valence electrons. The molecule has 0 bridgehead atoms. The van der Waals surface area contributed by atoms with E-state index in [0.29, 0.717) is 0 Å². The summed E-state index contributed by atoms with van der Waals surface area (Å²) in [5.41, 5.74) is 8.30. The molecule has 4 heteroatoms. The van der Waals surface area contributed by atoms with Crippen LogP contribution in [0, 0.1) is 0 Å². The molecule has 0 saturated heterocycles. The predicted molar refractivity (Wildman–Crippen MR) is 77.9 cm³/mol. The highest BCUT2D eigenvalue weighted by Gasteiger charge is 2.12. The zero-order valence-electron chi connectivity index (χ0n) is 10.7. The number of aryl methyl sites for hydroxylation is 1. The Balaban J connectivity index is 2.52. The van der Waals surface area contributed by atoms with Crippen molar-refractivity contribution in [2.24, 2.45) is 5.73 Å². The minimum absolute atomic E-state index is 0.00521. The molecule has 0 spiro atoms. The molecular formula is C14H18BrN3. The molecule has 0 saturated carbocycles. The normalized spacial score (nSPS) is 12.7. The first-order valence-electron chi connectivity index (χ1n) is 6.21. The summed E-state index contributed by atoms with van der Waals surface area (Å²) in [4.78, 5) is 4.42. The Morgan fingerprint density at radius 2 is 2.22 bits per heavy atom. The lowest BCUT2D eigenvalue weighted by Crippen LogP contribution is -2.11. The molecule has 18 heavy (non-hydrogen) atoms. The second-order valence-corrected chi connectivity index (χ2v) is 5.37. The topological polar surface area (TPSA) is 43.8 Å². The van der Waals surface area contributed by atoms with Crippen LogP contribution < -0.4 is 5.73 Å². The van der Waals surface area contributed by atoms with E-state index in [-0.39, 0.29) is 6.04 Å². The van der Waals surface area contributed by atoms with Crippen molar-refractivity contribution in [3.63, 3.8) is 0 Å². The van der Waals surface area contributed by atoms with E-state index in [2.05, 4.69) is 44.5 Å². The summed E-state index contributed by atoms with van der Waals surface area (Å²) in [6, 6.07) is 6.20. The van der Waals surface area contributed by atoms with Crippen molar-refractivity contribution in [2.75, 3.05) is 0 Å². The van der Waals surface area contributed by atoms with E-state index in [1.807, 2.05) is 25.4 Å². The van der Waals surface area contributed by atoms with E-state index in [4.69, 9.17) is 5.73 Å². The third-order valence-corrected chi connectivity index (χ3v) is 3.42. The Labute approximate surface area is 116 Å². The van der Waals surface area contributed by atoms with Gasteiger partial charge in [0.15, 0.2) is 0 Å². The van der Waals surface area contributed by atoms with Gasteiger partial charge in [0, 0.05) is 29.3 Å². The van der Waals surface area contributed by atoms with Gasteiger partial charge in [-0.15, -0.1) is 0 Å². The molecule has 0 aliphatic carbocycles. The van der Waals surface area contributed by atoms with Gasteiger partial charge in [0.25, 0.3) is 0 Å². The zero-order valence-corrected chi connectivity index (χ0v) is 12.3. The summed E-state index contributed by atoms with van der Waals surface area (Å²) >= 11 is 3.50. The van der Waals surface area contributed by atoms with Crippen molar-refractivity contribution in [2.45, 2.75) is 32.7 Å². The molecule has 3 nitrogen and oxygen atoms in total.